The van der Waals surface area contributed by atoms with E-state index in [0.717, 1.165) is 11.8 Å². The van der Waals surface area contributed by atoms with E-state index in [1.165, 1.54) is 22.9 Å². The molecule has 0 spiro atoms. The molecule has 1 heterocycles. The number of carbonyl (C=O) groups excluding carboxylic acids is 1. The number of thioether (sulfide) groups is 1. The van der Waals surface area contributed by atoms with E-state index in [9.17, 15) is 14.0 Å². The maximum absolute atomic E-state index is 13.8. The summed E-state index contributed by atoms with van der Waals surface area (Å²) in [5, 5.41) is 7.27. The lowest BCUT2D eigenvalue weighted by molar-refractivity contribution is -0.113. The SMILES string of the molecule is COc1ccc(-n2nc(SCC(=O)Nc3ccc(Br)cc3F)ccc2=O)cc1. The highest BCUT2D eigenvalue weighted by Gasteiger charge is 2.10. The molecule has 0 atom stereocenters. The third kappa shape index (κ3) is 4.99. The number of hydrogen-bond donors (Lipinski definition) is 1. The van der Waals surface area contributed by atoms with Gasteiger partial charge in [-0.2, -0.15) is 9.78 Å². The molecule has 2 aromatic carbocycles. The van der Waals surface area contributed by atoms with Crippen molar-refractivity contribution in [2.24, 2.45) is 0 Å². The molecule has 0 unspecified atom stereocenters. The van der Waals surface area contributed by atoms with Gasteiger partial charge in [-0.15, -0.1) is 0 Å². The molecule has 28 heavy (non-hydrogen) atoms. The molecule has 6 nitrogen and oxygen atoms in total. The normalized spacial score (nSPS) is 10.5. The van der Waals surface area contributed by atoms with Crippen LogP contribution in [0.1, 0.15) is 0 Å². The lowest BCUT2D eigenvalue weighted by Gasteiger charge is -2.08. The zero-order valence-electron chi connectivity index (χ0n) is 14.7. The molecule has 0 radical (unpaired) electrons. The number of amides is 1. The van der Waals surface area contributed by atoms with Gasteiger partial charge in [0, 0.05) is 10.5 Å². The molecule has 0 saturated carbocycles. The number of hydrogen-bond acceptors (Lipinski definition) is 5. The van der Waals surface area contributed by atoms with Crippen LogP contribution in [0.4, 0.5) is 10.1 Å². The molecular weight excluding hydrogens is 449 g/mol. The van der Waals surface area contributed by atoms with Gasteiger partial charge in [0.2, 0.25) is 5.91 Å². The number of rotatable bonds is 6. The van der Waals surface area contributed by atoms with E-state index in [1.807, 2.05) is 0 Å². The number of halogens is 2. The van der Waals surface area contributed by atoms with Crippen LogP contribution in [0.2, 0.25) is 0 Å². The Morgan fingerprint density at radius 1 is 1.21 bits per heavy atom. The largest absolute Gasteiger partial charge is 0.497 e. The highest BCUT2D eigenvalue weighted by Crippen LogP contribution is 2.21. The minimum absolute atomic E-state index is 0.0172. The van der Waals surface area contributed by atoms with Gasteiger partial charge < -0.3 is 10.1 Å². The fraction of sp³-hybridized carbons (Fsp3) is 0.105. The van der Waals surface area contributed by atoms with Gasteiger partial charge in [-0.05, 0) is 48.5 Å². The molecule has 9 heteroatoms. The lowest BCUT2D eigenvalue weighted by Crippen LogP contribution is -2.21. The molecule has 0 bridgehead atoms. The number of anilines is 1. The Balaban J connectivity index is 1.69. The van der Waals surface area contributed by atoms with E-state index in [-0.39, 0.29) is 22.9 Å². The second kappa shape index (κ2) is 9.03. The van der Waals surface area contributed by atoms with E-state index in [0.29, 0.717) is 20.9 Å². The van der Waals surface area contributed by atoms with E-state index in [2.05, 4.69) is 26.3 Å². The Hall–Kier alpha value is -2.65. The Bertz CT molecular complexity index is 1060. The first-order valence-corrected chi connectivity index (χ1v) is 9.86. The maximum Gasteiger partial charge on any atom is 0.271 e. The Labute approximate surface area is 172 Å². The number of carbonyl (C=O) groups is 1. The molecule has 0 saturated heterocycles. The monoisotopic (exact) mass is 463 g/mol. The van der Waals surface area contributed by atoms with Gasteiger partial charge in [0.1, 0.15) is 16.6 Å². The van der Waals surface area contributed by atoms with Crippen molar-refractivity contribution in [3.8, 4) is 11.4 Å². The lowest BCUT2D eigenvalue weighted by atomic mass is 10.3. The molecule has 1 N–H and O–H groups in total. The number of ether oxygens (including phenoxy) is 1. The highest BCUT2D eigenvalue weighted by molar-refractivity contribution is 9.10. The standard InChI is InChI=1S/C19H15BrFN3O3S/c1-27-14-5-3-13(4-6-14)24-19(26)9-8-18(23-24)28-11-17(25)22-16-7-2-12(20)10-15(16)21/h2-10H,11H2,1H3,(H,22,25). The third-order valence-corrected chi connectivity index (χ3v) is 5.06. The first-order chi connectivity index (χ1) is 13.5. The van der Waals surface area contributed by atoms with Gasteiger partial charge in [-0.3, -0.25) is 9.59 Å². The van der Waals surface area contributed by atoms with Crippen molar-refractivity contribution in [2.75, 3.05) is 18.2 Å². The van der Waals surface area contributed by atoms with Crippen LogP contribution >= 0.6 is 27.7 Å². The fourth-order valence-corrected chi connectivity index (χ4v) is 3.28. The summed E-state index contributed by atoms with van der Waals surface area (Å²) >= 11 is 4.31. The molecule has 1 aromatic heterocycles. The maximum atomic E-state index is 13.8. The molecule has 3 aromatic rings. The van der Waals surface area contributed by atoms with Crippen LogP contribution in [0.15, 0.2) is 68.9 Å². The van der Waals surface area contributed by atoms with Crippen LogP contribution in [-0.2, 0) is 4.79 Å². The number of nitrogens with one attached hydrogen (secondary N) is 1. The van der Waals surface area contributed by atoms with Gasteiger partial charge in [-0.1, -0.05) is 27.7 Å². The smallest absolute Gasteiger partial charge is 0.271 e. The average molecular weight is 464 g/mol. The molecule has 0 aliphatic carbocycles. The van der Waals surface area contributed by atoms with E-state index in [1.54, 1.807) is 43.5 Å². The predicted molar refractivity (Wildman–Crippen MR) is 110 cm³/mol. The average Bonchev–Trinajstić information content (AvgIpc) is 2.69. The molecule has 0 aliphatic rings. The Kier molecular flexibility index (Phi) is 6.48. The number of methoxy groups -OCH3 is 1. The van der Waals surface area contributed by atoms with Crippen molar-refractivity contribution in [2.45, 2.75) is 5.03 Å². The van der Waals surface area contributed by atoms with Crippen LogP contribution < -0.4 is 15.6 Å². The summed E-state index contributed by atoms with van der Waals surface area (Å²) in [6.45, 7) is 0. The zero-order valence-corrected chi connectivity index (χ0v) is 17.1. The number of benzene rings is 2. The van der Waals surface area contributed by atoms with Gasteiger partial charge >= 0.3 is 0 Å². The van der Waals surface area contributed by atoms with Gasteiger partial charge in [0.25, 0.3) is 5.56 Å². The van der Waals surface area contributed by atoms with Crippen molar-refractivity contribution >= 4 is 39.3 Å². The molecule has 144 valence electrons. The summed E-state index contributed by atoms with van der Waals surface area (Å²) in [6, 6.07) is 14.2. The van der Waals surface area contributed by atoms with Gasteiger partial charge in [-0.25, -0.2) is 4.39 Å². The van der Waals surface area contributed by atoms with Crippen LogP contribution in [0.5, 0.6) is 5.75 Å². The van der Waals surface area contributed by atoms with Crippen LogP contribution in [0.25, 0.3) is 5.69 Å². The fourth-order valence-electron chi connectivity index (χ4n) is 2.30. The Morgan fingerprint density at radius 3 is 2.64 bits per heavy atom. The number of aromatic nitrogens is 2. The molecule has 0 fully saturated rings. The Morgan fingerprint density at radius 2 is 1.96 bits per heavy atom. The van der Waals surface area contributed by atoms with Crippen LogP contribution in [-0.4, -0.2) is 28.6 Å². The summed E-state index contributed by atoms with van der Waals surface area (Å²) in [6.07, 6.45) is 0. The van der Waals surface area contributed by atoms with E-state index >= 15 is 0 Å². The highest BCUT2D eigenvalue weighted by atomic mass is 79.9. The first-order valence-electron chi connectivity index (χ1n) is 8.09. The quantitative estimate of drug-likeness (QED) is 0.561. The predicted octanol–water partition coefficient (Wildman–Crippen LogP) is 3.87. The summed E-state index contributed by atoms with van der Waals surface area (Å²) in [5.74, 6) is -0.225. The summed E-state index contributed by atoms with van der Waals surface area (Å²) in [5.41, 5.74) is 0.385. The van der Waals surface area contributed by atoms with Crippen molar-refractivity contribution in [1.82, 2.24) is 9.78 Å². The second-order valence-electron chi connectivity index (χ2n) is 5.58. The molecule has 0 aliphatic heterocycles. The topological polar surface area (TPSA) is 73.2 Å². The van der Waals surface area contributed by atoms with Gasteiger partial charge in [0.05, 0.1) is 24.2 Å². The molecular formula is C19H15BrFN3O3S. The van der Waals surface area contributed by atoms with Crippen molar-refractivity contribution in [3.05, 3.63) is 75.2 Å². The van der Waals surface area contributed by atoms with Crippen LogP contribution in [0.3, 0.4) is 0 Å². The third-order valence-electron chi connectivity index (χ3n) is 3.65. The zero-order chi connectivity index (χ0) is 20.1. The number of nitrogens with zero attached hydrogens (tertiary/aromatic N) is 2. The van der Waals surface area contributed by atoms with Crippen molar-refractivity contribution < 1.29 is 13.9 Å². The van der Waals surface area contributed by atoms with E-state index in [4.69, 9.17) is 4.74 Å². The van der Waals surface area contributed by atoms with Crippen molar-refractivity contribution in [3.63, 3.8) is 0 Å². The minimum Gasteiger partial charge on any atom is -0.497 e. The summed E-state index contributed by atoms with van der Waals surface area (Å²) < 4.78 is 20.7. The van der Waals surface area contributed by atoms with E-state index < -0.39 is 5.82 Å². The summed E-state index contributed by atoms with van der Waals surface area (Å²) in [7, 11) is 1.56. The van der Waals surface area contributed by atoms with Crippen LogP contribution in [0, 0.1) is 5.82 Å². The summed E-state index contributed by atoms with van der Waals surface area (Å²) in [4.78, 5) is 24.2. The molecule has 1 amide bonds. The first kappa shape index (κ1) is 20.1. The second-order valence-corrected chi connectivity index (χ2v) is 7.49. The van der Waals surface area contributed by atoms with Crippen molar-refractivity contribution in [1.29, 1.82) is 0 Å². The molecule has 3 rings (SSSR count). The minimum atomic E-state index is -0.529. The van der Waals surface area contributed by atoms with Gasteiger partial charge in [0.15, 0.2) is 0 Å².